The van der Waals surface area contributed by atoms with E-state index < -0.39 is 0 Å². The number of benzene rings is 1. The molecular weight excluding hydrogens is 187 g/mol. The van der Waals surface area contributed by atoms with E-state index in [0.717, 1.165) is 0 Å². The lowest BCUT2D eigenvalue weighted by atomic mass is 10.3. The zero-order valence-electron chi connectivity index (χ0n) is 5.67. The van der Waals surface area contributed by atoms with Gasteiger partial charge in [0, 0.05) is 0 Å². The number of alkyl halides is 2. The Morgan fingerprint density at radius 3 is 1.27 bits per heavy atom. The van der Waals surface area contributed by atoms with Gasteiger partial charge in [0.2, 0.25) is 0 Å². The predicted molar refractivity (Wildman–Crippen MR) is 46.3 cm³/mol. The minimum Gasteiger partial charge on any atom is -0.508 e. The third-order valence-corrected chi connectivity index (χ3v) is 0.850. The molecule has 0 amide bonds. The van der Waals surface area contributed by atoms with Crippen molar-refractivity contribution in [1.82, 2.24) is 0 Å². The van der Waals surface area contributed by atoms with Gasteiger partial charge in [-0.15, -0.1) is 23.2 Å². The van der Waals surface area contributed by atoms with Crippen molar-refractivity contribution in [2.24, 2.45) is 0 Å². The van der Waals surface area contributed by atoms with Crippen LogP contribution in [0.25, 0.3) is 0 Å². The van der Waals surface area contributed by atoms with Crippen LogP contribution in [-0.2, 0) is 0 Å². The highest BCUT2D eigenvalue weighted by molar-refractivity contribution is 6.40. The predicted octanol–water partition coefficient (Wildman–Crippen LogP) is 2.52. The van der Waals surface area contributed by atoms with Gasteiger partial charge in [0.15, 0.2) is 0 Å². The molecule has 0 unspecified atom stereocenters. The zero-order valence-corrected chi connectivity index (χ0v) is 7.18. The molecule has 0 aliphatic rings. The van der Waals surface area contributed by atoms with Crippen molar-refractivity contribution in [3.63, 3.8) is 0 Å². The lowest BCUT2D eigenvalue weighted by Gasteiger charge is -1.88. The SMILES string of the molecule is ClCCl.Oc1ccc(O)cc1. The summed E-state index contributed by atoms with van der Waals surface area (Å²) in [4.78, 5) is 0. The molecular formula is C7H8Cl2O2. The molecule has 2 N–H and O–H groups in total. The van der Waals surface area contributed by atoms with Crippen LogP contribution in [0.1, 0.15) is 0 Å². The number of phenolic OH excluding ortho intramolecular Hbond substituents is 2. The largest absolute Gasteiger partial charge is 0.508 e. The zero-order chi connectivity index (χ0) is 8.69. The molecule has 62 valence electrons. The molecule has 1 rings (SSSR count). The Bertz CT molecular complexity index is 165. The maximum Gasteiger partial charge on any atom is 0.115 e. The fraction of sp³-hybridized carbons (Fsp3) is 0.143. The number of rotatable bonds is 0. The number of hydrogen-bond acceptors (Lipinski definition) is 2. The second kappa shape index (κ2) is 6.13. The molecule has 0 saturated heterocycles. The molecule has 0 aromatic heterocycles. The number of hydrogen-bond donors (Lipinski definition) is 2. The Morgan fingerprint density at radius 1 is 0.909 bits per heavy atom. The number of phenols is 2. The number of halogens is 2. The highest BCUT2D eigenvalue weighted by atomic mass is 35.5. The van der Waals surface area contributed by atoms with E-state index in [-0.39, 0.29) is 16.8 Å². The maximum atomic E-state index is 8.65. The minimum absolute atomic E-state index is 0.169. The molecule has 0 radical (unpaired) electrons. The molecule has 0 bridgehead atoms. The van der Waals surface area contributed by atoms with E-state index in [1.54, 1.807) is 0 Å². The third-order valence-electron chi connectivity index (χ3n) is 0.850. The van der Waals surface area contributed by atoms with Crippen LogP contribution in [-0.4, -0.2) is 15.6 Å². The normalized spacial score (nSPS) is 8.18. The van der Waals surface area contributed by atoms with E-state index in [0.29, 0.717) is 0 Å². The highest BCUT2D eigenvalue weighted by Crippen LogP contribution is 2.13. The molecule has 2 nitrogen and oxygen atoms in total. The molecule has 0 fully saturated rings. The van der Waals surface area contributed by atoms with Crippen molar-refractivity contribution in [2.45, 2.75) is 0 Å². The summed E-state index contributed by atoms with van der Waals surface area (Å²) in [6, 6.07) is 5.70. The molecule has 1 aromatic rings. The summed E-state index contributed by atoms with van der Waals surface area (Å²) in [6.07, 6.45) is 0. The monoisotopic (exact) mass is 194 g/mol. The standard InChI is InChI=1S/C6H6O2.CH2Cl2/c7-5-1-2-6(8)4-3-5;2-1-3/h1-4,7-8H;1H2. The van der Waals surface area contributed by atoms with Gasteiger partial charge >= 0.3 is 0 Å². The van der Waals surface area contributed by atoms with Crippen LogP contribution in [0.3, 0.4) is 0 Å². The Morgan fingerprint density at radius 2 is 1.09 bits per heavy atom. The van der Waals surface area contributed by atoms with Crippen molar-refractivity contribution in [3.8, 4) is 11.5 Å². The fourth-order valence-corrected chi connectivity index (χ4v) is 0.453. The van der Waals surface area contributed by atoms with Crippen LogP contribution < -0.4 is 0 Å². The van der Waals surface area contributed by atoms with Gasteiger partial charge in [-0.25, -0.2) is 0 Å². The van der Waals surface area contributed by atoms with Gasteiger partial charge in [-0.05, 0) is 24.3 Å². The van der Waals surface area contributed by atoms with Gasteiger partial charge in [-0.1, -0.05) is 0 Å². The second-order valence-electron chi connectivity index (χ2n) is 1.62. The summed E-state index contributed by atoms with van der Waals surface area (Å²) in [5.41, 5.74) is 0. The Kier molecular flexibility index (Phi) is 5.80. The van der Waals surface area contributed by atoms with Crippen LogP contribution >= 0.6 is 23.2 Å². The third kappa shape index (κ3) is 5.83. The summed E-state index contributed by atoms with van der Waals surface area (Å²) in [5.74, 6) is 0.339. The first kappa shape index (κ1) is 10.4. The van der Waals surface area contributed by atoms with Crippen LogP contribution in [0, 0.1) is 0 Å². The van der Waals surface area contributed by atoms with Gasteiger partial charge in [0.25, 0.3) is 0 Å². The summed E-state index contributed by atoms with van der Waals surface area (Å²) in [5, 5.41) is 17.5. The van der Waals surface area contributed by atoms with E-state index in [2.05, 4.69) is 0 Å². The molecule has 0 spiro atoms. The molecule has 11 heavy (non-hydrogen) atoms. The van der Waals surface area contributed by atoms with Crippen molar-refractivity contribution in [1.29, 1.82) is 0 Å². The van der Waals surface area contributed by atoms with Gasteiger partial charge in [-0.3, -0.25) is 0 Å². The Hall–Kier alpha value is -0.600. The summed E-state index contributed by atoms with van der Waals surface area (Å²) in [6.45, 7) is 0. The average Bonchev–Trinajstić information content (AvgIpc) is 1.97. The molecule has 0 atom stereocenters. The minimum atomic E-state index is 0.169. The number of aromatic hydroxyl groups is 2. The van der Waals surface area contributed by atoms with E-state index in [9.17, 15) is 0 Å². The average molecular weight is 195 g/mol. The van der Waals surface area contributed by atoms with Crippen molar-refractivity contribution in [2.75, 3.05) is 5.34 Å². The fourth-order valence-electron chi connectivity index (χ4n) is 0.453. The van der Waals surface area contributed by atoms with Gasteiger partial charge in [-0.2, -0.15) is 0 Å². The second-order valence-corrected chi connectivity index (χ2v) is 2.43. The molecule has 0 heterocycles. The lowest BCUT2D eigenvalue weighted by molar-refractivity contribution is 0.460. The van der Waals surface area contributed by atoms with Crippen LogP contribution in [0.5, 0.6) is 11.5 Å². The first-order valence-corrected chi connectivity index (χ1v) is 3.87. The molecule has 0 aliphatic carbocycles. The maximum absolute atomic E-state index is 8.65. The van der Waals surface area contributed by atoms with E-state index in [1.165, 1.54) is 24.3 Å². The topological polar surface area (TPSA) is 40.5 Å². The molecule has 1 aromatic carbocycles. The van der Waals surface area contributed by atoms with Crippen molar-refractivity contribution >= 4 is 23.2 Å². The quantitative estimate of drug-likeness (QED) is 0.493. The highest BCUT2D eigenvalue weighted by Gasteiger charge is 1.84. The van der Waals surface area contributed by atoms with E-state index in [4.69, 9.17) is 33.4 Å². The van der Waals surface area contributed by atoms with Crippen LogP contribution in [0.15, 0.2) is 24.3 Å². The van der Waals surface area contributed by atoms with Gasteiger partial charge in [0.05, 0.1) is 5.34 Å². The van der Waals surface area contributed by atoms with Gasteiger partial charge < -0.3 is 10.2 Å². The smallest absolute Gasteiger partial charge is 0.115 e. The van der Waals surface area contributed by atoms with Gasteiger partial charge in [0.1, 0.15) is 11.5 Å². The van der Waals surface area contributed by atoms with Crippen molar-refractivity contribution in [3.05, 3.63) is 24.3 Å². The van der Waals surface area contributed by atoms with E-state index >= 15 is 0 Å². The van der Waals surface area contributed by atoms with Crippen LogP contribution in [0.2, 0.25) is 0 Å². The van der Waals surface area contributed by atoms with Crippen molar-refractivity contribution < 1.29 is 10.2 Å². The summed E-state index contributed by atoms with van der Waals surface area (Å²) < 4.78 is 0. The van der Waals surface area contributed by atoms with E-state index in [1.807, 2.05) is 0 Å². The first-order chi connectivity index (χ1) is 5.20. The van der Waals surface area contributed by atoms with Crippen LogP contribution in [0.4, 0.5) is 0 Å². The Balaban J connectivity index is 0.000000292. The lowest BCUT2D eigenvalue weighted by Crippen LogP contribution is -1.61. The summed E-state index contributed by atoms with van der Waals surface area (Å²) in [7, 11) is 0. The summed E-state index contributed by atoms with van der Waals surface area (Å²) >= 11 is 9.53. The Labute approximate surface area is 75.0 Å². The first-order valence-electron chi connectivity index (χ1n) is 2.80. The molecule has 0 aliphatic heterocycles. The molecule has 4 heteroatoms. The molecule has 0 saturated carbocycles.